The van der Waals surface area contributed by atoms with Crippen LogP contribution in [0.25, 0.3) is 0 Å². The first-order valence-corrected chi connectivity index (χ1v) is 11.5. The van der Waals surface area contributed by atoms with E-state index in [1.165, 1.54) is 11.8 Å². The molecule has 1 atom stereocenters. The second-order valence-corrected chi connectivity index (χ2v) is 10.3. The van der Waals surface area contributed by atoms with Gasteiger partial charge in [-0.05, 0) is 30.7 Å². The summed E-state index contributed by atoms with van der Waals surface area (Å²) in [4.78, 5) is 7.16. The molecule has 0 aromatic heterocycles. The lowest BCUT2D eigenvalue weighted by Crippen LogP contribution is -2.40. The summed E-state index contributed by atoms with van der Waals surface area (Å²) < 4.78 is 22.9. The second kappa shape index (κ2) is 8.89. The van der Waals surface area contributed by atoms with Crippen LogP contribution in [0.4, 0.5) is 0 Å². The molecule has 1 aromatic carbocycles. The Morgan fingerprint density at radius 3 is 2.62 bits per heavy atom. The van der Waals surface area contributed by atoms with Crippen molar-refractivity contribution in [3.63, 3.8) is 0 Å². The van der Waals surface area contributed by atoms with Crippen LogP contribution in [0.5, 0.6) is 0 Å². The van der Waals surface area contributed by atoms with E-state index in [-0.39, 0.29) is 11.2 Å². The first-order valence-electron chi connectivity index (χ1n) is 9.46. The van der Waals surface area contributed by atoms with Gasteiger partial charge >= 0.3 is 0 Å². The minimum Gasteiger partial charge on any atom is -0.357 e. The van der Waals surface area contributed by atoms with Gasteiger partial charge in [0.15, 0.2) is 5.96 Å². The maximum atomic E-state index is 11.4. The Bertz CT molecular complexity index is 699. The van der Waals surface area contributed by atoms with Crippen LogP contribution in [-0.2, 0) is 9.84 Å². The number of hydrogen-bond donors (Lipinski definition) is 1. The summed E-state index contributed by atoms with van der Waals surface area (Å²) in [5.74, 6) is 1.70. The standard InChI is InChI=1S/C20H33N3O2S/c1-5-21-19(22-16-20(2,3)12-14-26(4,24)25)23-13-11-18(15-23)17-9-7-6-8-10-17/h6-10,18H,5,11-16H2,1-4H3,(H,21,22). The van der Waals surface area contributed by atoms with Crippen molar-refractivity contribution in [3.8, 4) is 0 Å². The summed E-state index contributed by atoms with van der Waals surface area (Å²) in [6.07, 6.45) is 3.05. The van der Waals surface area contributed by atoms with Gasteiger partial charge in [0, 0.05) is 38.4 Å². The van der Waals surface area contributed by atoms with Gasteiger partial charge in [-0.2, -0.15) is 0 Å². The first-order chi connectivity index (χ1) is 12.2. The molecule has 2 rings (SSSR count). The van der Waals surface area contributed by atoms with Gasteiger partial charge in [0.1, 0.15) is 9.84 Å². The summed E-state index contributed by atoms with van der Waals surface area (Å²) in [6.45, 7) is 9.67. The molecule has 0 saturated carbocycles. The van der Waals surface area contributed by atoms with Gasteiger partial charge in [-0.1, -0.05) is 44.2 Å². The van der Waals surface area contributed by atoms with Crippen LogP contribution >= 0.6 is 0 Å². The predicted octanol–water partition coefficient (Wildman–Crippen LogP) is 2.90. The summed E-state index contributed by atoms with van der Waals surface area (Å²) >= 11 is 0. The van der Waals surface area contributed by atoms with Crippen LogP contribution in [0.3, 0.4) is 0 Å². The van der Waals surface area contributed by atoms with Crippen molar-refractivity contribution in [1.82, 2.24) is 10.2 Å². The molecule has 1 fully saturated rings. The molecule has 1 saturated heterocycles. The minimum atomic E-state index is -2.93. The molecule has 0 aliphatic carbocycles. The zero-order valence-corrected chi connectivity index (χ0v) is 17.3. The SMILES string of the molecule is CCNC(=NCC(C)(C)CCS(C)(=O)=O)N1CCC(c2ccccc2)C1. The molecule has 5 nitrogen and oxygen atoms in total. The molecule has 146 valence electrons. The zero-order chi connectivity index (χ0) is 19.2. The Kier molecular flexibility index (Phi) is 7.09. The van der Waals surface area contributed by atoms with Gasteiger partial charge in [0.25, 0.3) is 0 Å². The number of sulfone groups is 1. The molecular formula is C20H33N3O2S. The molecule has 0 bridgehead atoms. The Labute approximate surface area is 158 Å². The lowest BCUT2D eigenvalue weighted by atomic mass is 9.90. The molecule has 1 unspecified atom stereocenters. The van der Waals surface area contributed by atoms with Crippen LogP contribution < -0.4 is 5.32 Å². The molecule has 0 amide bonds. The van der Waals surface area contributed by atoms with Crippen LogP contribution in [-0.4, -0.2) is 57.5 Å². The molecule has 26 heavy (non-hydrogen) atoms. The Morgan fingerprint density at radius 1 is 1.31 bits per heavy atom. The highest BCUT2D eigenvalue weighted by molar-refractivity contribution is 7.90. The highest BCUT2D eigenvalue weighted by atomic mass is 32.2. The lowest BCUT2D eigenvalue weighted by Gasteiger charge is -2.26. The molecule has 0 radical (unpaired) electrons. The number of benzene rings is 1. The molecule has 1 aromatic rings. The summed E-state index contributed by atoms with van der Waals surface area (Å²) in [7, 11) is -2.93. The fraction of sp³-hybridized carbons (Fsp3) is 0.650. The average molecular weight is 380 g/mol. The second-order valence-electron chi connectivity index (χ2n) is 8.06. The monoisotopic (exact) mass is 379 g/mol. The molecule has 6 heteroatoms. The smallest absolute Gasteiger partial charge is 0.193 e. The minimum absolute atomic E-state index is 0.137. The third-order valence-corrected chi connectivity index (χ3v) is 5.85. The van der Waals surface area contributed by atoms with Crippen molar-refractivity contribution >= 4 is 15.8 Å². The quantitative estimate of drug-likeness (QED) is 0.584. The number of likely N-dealkylation sites (tertiary alicyclic amines) is 1. The third kappa shape index (κ3) is 6.63. The van der Waals surface area contributed by atoms with E-state index in [1.807, 2.05) is 0 Å². The van der Waals surface area contributed by atoms with E-state index in [9.17, 15) is 8.42 Å². The van der Waals surface area contributed by atoms with Crippen LogP contribution in [0, 0.1) is 5.41 Å². The van der Waals surface area contributed by atoms with Gasteiger partial charge in [0.05, 0.1) is 5.75 Å². The van der Waals surface area contributed by atoms with E-state index in [0.717, 1.165) is 32.0 Å². The highest BCUT2D eigenvalue weighted by Gasteiger charge is 2.27. The van der Waals surface area contributed by atoms with E-state index >= 15 is 0 Å². The highest BCUT2D eigenvalue weighted by Crippen LogP contribution is 2.27. The van der Waals surface area contributed by atoms with E-state index < -0.39 is 9.84 Å². The molecule has 1 N–H and O–H groups in total. The van der Waals surface area contributed by atoms with E-state index in [0.29, 0.717) is 18.9 Å². The summed E-state index contributed by atoms with van der Waals surface area (Å²) in [5, 5.41) is 3.40. The third-order valence-electron chi connectivity index (χ3n) is 4.90. The number of hydrogen-bond acceptors (Lipinski definition) is 3. The molecular weight excluding hydrogens is 346 g/mol. The first kappa shape index (κ1) is 20.7. The maximum Gasteiger partial charge on any atom is 0.193 e. The largest absolute Gasteiger partial charge is 0.357 e. The number of nitrogens with one attached hydrogen (secondary N) is 1. The summed E-state index contributed by atoms with van der Waals surface area (Å²) in [6, 6.07) is 10.7. The van der Waals surface area contributed by atoms with Crippen LogP contribution in [0.2, 0.25) is 0 Å². The maximum absolute atomic E-state index is 11.4. The predicted molar refractivity (Wildman–Crippen MR) is 109 cm³/mol. The van der Waals surface area contributed by atoms with Gasteiger partial charge in [-0.15, -0.1) is 0 Å². The van der Waals surface area contributed by atoms with Crippen molar-refractivity contribution in [1.29, 1.82) is 0 Å². The topological polar surface area (TPSA) is 61.8 Å². The van der Waals surface area contributed by atoms with Crippen molar-refractivity contribution in [3.05, 3.63) is 35.9 Å². The van der Waals surface area contributed by atoms with Crippen LogP contribution in [0.1, 0.15) is 45.1 Å². The van der Waals surface area contributed by atoms with Crippen molar-refractivity contribution in [2.45, 2.75) is 39.5 Å². The molecule has 1 aliphatic rings. The Balaban J connectivity index is 2.00. The van der Waals surface area contributed by atoms with Gasteiger partial charge in [0.2, 0.25) is 0 Å². The Morgan fingerprint density at radius 2 is 2.00 bits per heavy atom. The zero-order valence-electron chi connectivity index (χ0n) is 16.5. The van der Waals surface area contributed by atoms with Gasteiger partial charge < -0.3 is 10.2 Å². The number of guanidine groups is 1. The number of nitrogens with zero attached hydrogens (tertiary/aromatic N) is 2. The number of rotatable bonds is 7. The normalized spacial score (nSPS) is 19.0. The molecule has 1 aliphatic heterocycles. The van der Waals surface area contributed by atoms with Crippen molar-refractivity contribution in [2.75, 3.05) is 38.2 Å². The van der Waals surface area contributed by atoms with E-state index in [4.69, 9.17) is 4.99 Å². The number of aliphatic imine (C=N–C) groups is 1. The van der Waals surface area contributed by atoms with Crippen molar-refractivity contribution in [2.24, 2.45) is 10.4 Å². The van der Waals surface area contributed by atoms with Gasteiger partial charge in [-0.3, -0.25) is 4.99 Å². The Hall–Kier alpha value is -1.56. The fourth-order valence-electron chi connectivity index (χ4n) is 3.21. The molecule has 1 heterocycles. The van der Waals surface area contributed by atoms with E-state index in [1.54, 1.807) is 0 Å². The van der Waals surface area contributed by atoms with Crippen molar-refractivity contribution < 1.29 is 8.42 Å². The van der Waals surface area contributed by atoms with E-state index in [2.05, 4.69) is 61.3 Å². The van der Waals surface area contributed by atoms with Crippen LogP contribution in [0.15, 0.2) is 35.3 Å². The average Bonchev–Trinajstić information content (AvgIpc) is 3.07. The molecule has 0 spiro atoms. The summed E-state index contributed by atoms with van der Waals surface area (Å²) in [5.41, 5.74) is 1.25. The lowest BCUT2D eigenvalue weighted by molar-refractivity contribution is 0.361. The van der Waals surface area contributed by atoms with Gasteiger partial charge in [-0.25, -0.2) is 8.42 Å². The fourth-order valence-corrected chi connectivity index (χ4v) is 4.13.